The predicted octanol–water partition coefficient (Wildman–Crippen LogP) is 0.640. The van der Waals surface area contributed by atoms with Gasteiger partial charge in [0, 0.05) is 26.2 Å². The predicted molar refractivity (Wildman–Crippen MR) is 71.5 cm³/mol. The Balaban J connectivity index is 1.69. The number of nitrogens with zero attached hydrogens (tertiary/aromatic N) is 1. The molecule has 100 valence electrons. The molecule has 0 amide bonds. The Bertz CT molecular complexity index is 345. The van der Waals surface area contributed by atoms with Gasteiger partial charge in [-0.25, -0.2) is 0 Å². The SMILES string of the molecule is CN1CCOC(CNCC(O)c2ccccc2)C1. The number of aliphatic hydroxyl groups is 1. The van der Waals surface area contributed by atoms with Crippen molar-refractivity contribution in [2.45, 2.75) is 12.2 Å². The van der Waals surface area contributed by atoms with Gasteiger partial charge in [0.25, 0.3) is 0 Å². The minimum absolute atomic E-state index is 0.228. The fourth-order valence-corrected chi connectivity index (χ4v) is 2.16. The van der Waals surface area contributed by atoms with Gasteiger partial charge < -0.3 is 20.1 Å². The average molecular weight is 250 g/mol. The van der Waals surface area contributed by atoms with E-state index in [1.165, 1.54) is 0 Å². The monoisotopic (exact) mass is 250 g/mol. The van der Waals surface area contributed by atoms with Gasteiger partial charge in [0.1, 0.15) is 0 Å². The highest BCUT2D eigenvalue weighted by Crippen LogP contribution is 2.10. The maximum absolute atomic E-state index is 9.99. The summed E-state index contributed by atoms with van der Waals surface area (Å²) in [7, 11) is 2.11. The number of benzene rings is 1. The van der Waals surface area contributed by atoms with Crippen molar-refractivity contribution in [1.82, 2.24) is 10.2 Å². The Morgan fingerprint density at radius 3 is 2.94 bits per heavy atom. The number of likely N-dealkylation sites (N-methyl/N-ethyl adjacent to an activating group) is 1. The molecule has 1 aliphatic rings. The molecule has 0 saturated carbocycles. The van der Waals surface area contributed by atoms with Crippen LogP contribution in [0.1, 0.15) is 11.7 Å². The van der Waals surface area contributed by atoms with Crippen LogP contribution in [0.25, 0.3) is 0 Å². The number of hydrogen-bond acceptors (Lipinski definition) is 4. The van der Waals surface area contributed by atoms with Crippen molar-refractivity contribution in [1.29, 1.82) is 0 Å². The number of aliphatic hydroxyl groups excluding tert-OH is 1. The lowest BCUT2D eigenvalue weighted by Crippen LogP contribution is -2.45. The van der Waals surface area contributed by atoms with Gasteiger partial charge in [-0.3, -0.25) is 0 Å². The van der Waals surface area contributed by atoms with Gasteiger partial charge in [0.05, 0.1) is 18.8 Å². The van der Waals surface area contributed by atoms with Crippen LogP contribution >= 0.6 is 0 Å². The molecule has 0 bridgehead atoms. The third kappa shape index (κ3) is 4.07. The highest BCUT2D eigenvalue weighted by Gasteiger charge is 2.17. The maximum atomic E-state index is 9.99. The first-order chi connectivity index (χ1) is 8.75. The Labute approximate surface area is 109 Å². The van der Waals surface area contributed by atoms with Crippen molar-refractivity contribution >= 4 is 0 Å². The topological polar surface area (TPSA) is 44.7 Å². The lowest BCUT2D eigenvalue weighted by Gasteiger charge is -2.30. The number of nitrogens with one attached hydrogen (secondary N) is 1. The summed E-state index contributed by atoms with van der Waals surface area (Å²) >= 11 is 0. The first-order valence-corrected chi connectivity index (χ1v) is 6.49. The second-order valence-electron chi connectivity index (χ2n) is 4.84. The van der Waals surface area contributed by atoms with E-state index in [9.17, 15) is 5.11 Å². The van der Waals surface area contributed by atoms with Crippen molar-refractivity contribution in [3.8, 4) is 0 Å². The molecule has 1 fully saturated rings. The number of rotatable bonds is 5. The van der Waals surface area contributed by atoms with Crippen LogP contribution in [0.4, 0.5) is 0 Å². The summed E-state index contributed by atoms with van der Waals surface area (Å²) in [5.74, 6) is 0. The van der Waals surface area contributed by atoms with Crippen LogP contribution in [-0.4, -0.2) is 55.9 Å². The van der Waals surface area contributed by atoms with Gasteiger partial charge >= 0.3 is 0 Å². The fraction of sp³-hybridized carbons (Fsp3) is 0.571. The minimum atomic E-state index is -0.451. The summed E-state index contributed by atoms with van der Waals surface area (Å²) in [6.07, 6.45) is -0.223. The molecule has 1 heterocycles. The van der Waals surface area contributed by atoms with Crippen molar-refractivity contribution in [3.63, 3.8) is 0 Å². The summed E-state index contributed by atoms with van der Waals surface area (Å²) in [5.41, 5.74) is 0.951. The van der Waals surface area contributed by atoms with Crippen LogP contribution in [-0.2, 0) is 4.74 Å². The molecular formula is C14H22N2O2. The minimum Gasteiger partial charge on any atom is -0.387 e. The number of morpholine rings is 1. The molecule has 1 saturated heterocycles. The quantitative estimate of drug-likeness (QED) is 0.805. The van der Waals surface area contributed by atoms with E-state index in [1.807, 2.05) is 30.3 Å². The lowest BCUT2D eigenvalue weighted by atomic mass is 10.1. The highest BCUT2D eigenvalue weighted by molar-refractivity contribution is 5.17. The van der Waals surface area contributed by atoms with Crippen LogP contribution in [0.15, 0.2) is 30.3 Å². The van der Waals surface area contributed by atoms with Crippen molar-refractivity contribution in [3.05, 3.63) is 35.9 Å². The van der Waals surface area contributed by atoms with Crippen LogP contribution in [0.2, 0.25) is 0 Å². The molecule has 1 aromatic carbocycles. The zero-order chi connectivity index (χ0) is 12.8. The van der Waals surface area contributed by atoms with Crippen LogP contribution in [0.3, 0.4) is 0 Å². The van der Waals surface area contributed by atoms with Crippen molar-refractivity contribution in [2.75, 3.05) is 39.8 Å². The third-order valence-electron chi connectivity index (χ3n) is 3.24. The fourth-order valence-electron chi connectivity index (χ4n) is 2.16. The van der Waals surface area contributed by atoms with E-state index in [1.54, 1.807) is 0 Å². The molecule has 18 heavy (non-hydrogen) atoms. The molecule has 0 aromatic heterocycles. The average Bonchev–Trinajstić information content (AvgIpc) is 2.40. The number of ether oxygens (including phenoxy) is 1. The first kappa shape index (κ1) is 13.5. The molecule has 1 aliphatic heterocycles. The first-order valence-electron chi connectivity index (χ1n) is 6.49. The normalized spacial score (nSPS) is 22.9. The molecular weight excluding hydrogens is 228 g/mol. The van der Waals surface area contributed by atoms with Gasteiger partial charge in [-0.2, -0.15) is 0 Å². The van der Waals surface area contributed by atoms with Crippen molar-refractivity contribution in [2.24, 2.45) is 0 Å². The highest BCUT2D eigenvalue weighted by atomic mass is 16.5. The van der Waals surface area contributed by atoms with Gasteiger partial charge in [0.15, 0.2) is 0 Å². The van der Waals surface area contributed by atoms with E-state index in [0.717, 1.165) is 31.8 Å². The summed E-state index contributed by atoms with van der Waals surface area (Å²) in [6, 6.07) is 9.72. The van der Waals surface area contributed by atoms with E-state index in [-0.39, 0.29) is 6.10 Å². The zero-order valence-electron chi connectivity index (χ0n) is 10.9. The zero-order valence-corrected chi connectivity index (χ0v) is 10.9. The van der Waals surface area contributed by atoms with E-state index in [0.29, 0.717) is 6.54 Å². The maximum Gasteiger partial charge on any atom is 0.0914 e. The number of hydrogen-bond donors (Lipinski definition) is 2. The van der Waals surface area contributed by atoms with Crippen LogP contribution in [0, 0.1) is 0 Å². The van der Waals surface area contributed by atoms with Crippen LogP contribution in [0.5, 0.6) is 0 Å². The molecule has 2 unspecified atom stereocenters. The van der Waals surface area contributed by atoms with Gasteiger partial charge in [-0.05, 0) is 12.6 Å². The Morgan fingerprint density at radius 1 is 1.44 bits per heavy atom. The Morgan fingerprint density at radius 2 is 2.22 bits per heavy atom. The van der Waals surface area contributed by atoms with E-state index in [4.69, 9.17) is 4.74 Å². The van der Waals surface area contributed by atoms with Gasteiger partial charge in [-0.15, -0.1) is 0 Å². The molecule has 2 rings (SSSR count). The summed E-state index contributed by atoms with van der Waals surface area (Å²) in [4.78, 5) is 2.27. The molecule has 4 heteroatoms. The van der Waals surface area contributed by atoms with Crippen LogP contribution < -0.4 is 5.32 Å². The second-order valence-corrected chi connectivity index (χ2v) is 4.84. The Kier molecular flexibility index (Phi) is 5.13. The molecule has 1 aromatic rings. The van der Waals surface area contributed by atoms with E-state index in [2.05, 4.69) is 17.3 Å². The third-order valence-corrected chi connectivity index (χ3v) is 3.24. The lowest BCUT2D eigenvalue weighted by molar-refractivity contribution is -0.0191. The van der Waals surface area contributed by atoms with Gasteiger partial charge in [-0.1, -0.05) is 30.3 Å². The summed E-state index contributed by atoms with van der Waals surface area (Å²) < 4.78 is 5.65. The van der Waals surface area contributed by atoms with E-state index < -0.39 is 6.10 Å². The van der Waals surface area contributed by atoms with Crippen molar-refractivity contribution < 1.29 is 9.84 Å². The molecule has 0 radical (unpaired) electrons. The second kappa shape index (κ2) is 6.85. The molecule has 4 nitrogen and oxygen atoms in total. The molecule has 0 aliphatic carbocycles. The Hall–Kier alpha value is -0.940. The largest absolute Gasteiger partial charge is 0.387 e. The van der Waals surface area contributed by atoms with Gasteiger partial charge in [0.2, 0.25) is 0 Å². The molecule has 0 spiro atoms. The summed E-state index contributed by atoms with van der Waals surface area (Å²) in [6.45, 7) is 4.10. The van der Waals surface area contributed by atoms with E-state index >= 15 is 0 Å². The molecule has 2 N–H and O–H groups in total. The summed E-state index contributed by atoms with van der Waals surface area (Å²) in [5, 5.41) is 13.3. The molecule has 2 atom stereocenters. The standard InChI is InChI=1S/C14H22N2O2/c1-16-7-8-18-13(11-16)9-15-10-14(17)12-5-3-2-4-6-12/h2-6,13-15,17H,7-11H2,1H3. The smallest absolute Gasteiger partial charge is 0.0914 e.